The van der Waals surface area contributed by atoms with Gasteiger partial charge in [0, 0.05) is 31.7 Å². The molecular weight excluding hydrogens is 250 g/mol. The van der Waals surface area contributed by atoms with Crippen molar-refractivity contribution in [2.45, 2.75) is 67.0 Å². The summed E-state index contributed by atoms with van der Waals surface area (Å²) >= 11 is 0. The average molecular weight is 285 g/mol. The monoisotopic (exact) mass is 285 g/mol. The fourth-order valence-corrected chi connectivity index (χ4v) is 2.59. The summed E-state index contributed by atoms with van der Waals surface area (Å²) in [4.78, 5) is 14.5. The molecule has 0 spiro atoms. The van der Waals surface area contributed by atoms with Crippen molar-refractivity contribution >= 4 is 5.91 Å². The van der Waals surface area contributed by atoms with Gasteiger partial charge in [-0.15, -0.1) is 0 Å². The van der Waals surface area contributed by atoms with Crippen molar-refractivity contribution in [3.05, 3.63) is 0 Å². The molecule has 4 nitrogen and oxygen atoms in total. The van der Waals surface area contributed by atoms with Crippen LogP contribution >= 0.6 is 0 Å². The first-order valence-corrected chi connectivity index (χ1v) is 7.82. The molecule has 0 saturated carbocycles. The Balaban J connectivity index is 4.26. The maximum absolute atomic E-state index is 12.2. The largest absolute Gasteiger partial charge is 0.355 e. The SMILES string of the molecule is CC(C)N(CCNC(=O)C(CN)CC(C)(C)C)C(C)C. The second kappa shape index (κ2) is 8.63. The third-order valence-electron chi connectivity index (χ3n) is 3.51. The van der Waals surface area contributed by atoms with E-state index in [0.29, 0.717) is 25.2 Å². The second-order valence-corrected chi connectivity index (χ2v) is 7.41. The summed E-state index contributed by atoms with van der Waals surface area (Å²) in [7, 11) is 0. The highest BCUT2D eigenvalue weighted by molar-refractivity contribution is 5.78. The van der Waals surface area contributed by atoms with E-state index >= 15 is 0 Å². The van der Waals surface area contributed by atoms with E-state index in [4.69, 9.17) is 5.73 Å². The van der Waals surface area contributed by atoms with Gasteiger partial charge in [0.1, 0.15) is 0 Å². The van der Waals surface area contributed by atoms with E-state index in [1.54, 1.807) is 0 Å². The third-order valence-corrected chi connectivity index (χ3v) is 3.51. The molecule has 0 radical (unpaired) electrons. The van der Waals surface area contributed by atoms with Gasteiger partial charge in [-0.05, 0) is 39.5 Å². The topological polar surface area (TPSA) is 58.4 Å². The van der Waals surface area contributed by atoms with Gasteiger partial charge < -0.3 is 11.1 Å². The molecule has 0 aromatic carbocycles. The van der Waals surface area contributed by atoms with Gasteiger partial charge >= 0.3 is 0 Å². The number of carbonyl (C=O) groups excluding carboxylic acids is 1. The van der Waals surface area contributed by atoms with Crippen LogP contribution in [-0.2, 0) is 4.79 Å². The Bertz CT molecular complexity index is 274. The molecule has 0 aromatic rings. The van der Waals surface area contributed by atoms with E-state index in [2.05, 4.69) is 58.7 Å². The Hall–Kier alpha value is -0.610. The molecule has 4 heteroatoms. The van der Waals surface area contributed by atoms with Crippen molar-refractivity contribution in [2.75, 3.05) is 19.6 Å². The number of rotatable bonds is 8. The first-order chi connectivity index (χ1) is 9.08. The molecule has 0 aliphatic rings. The van der Waals surface area contributed by atoms with Crippen LogP contribution in [0.4, 0.5) is 0 Å². The highest BCUT2D eigenvalue weighted by Crippen LogP contribution is 2.23. The van der Waals surface area contributed by atoms with Crippen LogP contribution in [0.3, 0.4) is 0 Å². The predicted octanol–water partition coefficient (Wildman–Crippen LogP) is 2.23. The number of nitrogens with two attached hydrogens (primary N) is 1. The third kappa shape index (κ3) is 7.85. The van der Waals surface area contributed by atoms with E-state index in [0.717, 1.165) is 13.0 Å². The van der Waals surface area contributed by atoms with Crippen molar-refractivity contribution in [1.82, 2.24) is 10.2 Å². The number of amides is 1. The standard InChI is InChI=1S/C16H35N3O/c1-12(2)19(13(3)4)9-8-18-15(20)14(11-17)10-16(5,6)7/h12-14H,8-11,17H2,1-7H3,(H,18,20). The summed E-state index contributed by atoms with van der Waals surface area (Å²) in [5.41, 5.74) is 5.87. The summed E-state index contributed by atoms with van der Waals surface area (Å²) in [6.07, 6.45) is 0.827. The van der Waals surface area contributed by atoms with E-state index < -0.39 is 0 Å². The lowest BCUT2D eigenvalue weighted by Crippen LogP contribution is -2.44. The maximum atomic E-state index is 12.2. The predicted molar refractivity (Wildman–Crippen MR) is 86.6 cm³/mol. The molecule has 0 saturated heterocycles. The van der Waals surface area contributed by atoms with Crippen molar-refractivity contribution < 1.29 is 4.79 Å². The summed E-state index contributed by atoms with van der Waals surface area (Å²) in [5, 5.41) is 3.04. The summed E-state index contributed by atoms with van der Waals surface area (Å²) in [6, 6.07) is 0.985. The van der Waals surface area contributed by atoms with E-state index in [9.17, 15) is 4.79 Å². The molecule has 1 unspecified atom stereocenters. The van der Waals surface area contributed by atoms with Gasteiger partial charge in [-0.1, -0.05) is 20.8 Å². The molecule has 0 fully saturated rings. The normalized spacial score (nSPS) is 14.2. The molecule has 0 aliphatic carbocycles. The fourth-order valence-electron chi connectivity index (χ4n) is 2.59. The molecule has 20 heavy (non-hydrogen) atoms. The second-order valence-electron chi connectivity index (χ2n) is 7.41. The first-order valence-electron chi connectivity index (χ1n) is 7.82. The fraction of sp³-hybridized carbons (Fsp3) is 0.938. The van der Waals surface area contributed by atoms with Crippen LogP contribution in [0.1, 0.15) is 54.9 Å². The highest BCUT2D eigenvalue weighted by atomic mass is 16.1. The highest BCUT2D eigenvalue weighted by Gasteiger charge is 2.23. The quantitative estimate of drug-likeness (QED) is 0.719. The Labute approximate surface area is 125 Å². The lowest BCUT2D eigenvalue weighted by molar-refractivity contribution is -0.125. The van der Waals surface area contributed by atoms with Crippen molar-refractivity contribution in [3.8, 4) is 0 Å². The van der Waals surface area contributed by atoms with Crippen LogP contribution in [0.5, 0.6) is 0 Å². The summed E-state index contributed by atoms with van der Waals surface area (Å²) < 4.78 is 0. The maximum Gasteiger partial charge on any atom is 0.224 e. The average Bonchev–Trinajstić information content (AvgIpc) is 2.29. The van der Waals surface area contributed by atoms with Gasteiger partial charge in [0.25, 0.3) is 0 Å². The number of hydrogen-bond donors (Lipinski definition) is 2. The van der Waals surface area contributed by atoms with Crippen LogP contribution < -0.4 is 11.1 Å². The van der Waals surface area contributed by atoms with Crippen LogP contribution in [0.25, 0.3) is 0 Å². The van der Waals surface area contributed by atoms with Gasteiger partial charge in [-0.25, -0.2) is 0 Å². The minimum absolute atomic E-state index is 0.0819. The molecule has 0 aromatic heterocycles. The van der Waals surface area contributed by atoms with E-state index in [1.807, 2.05) is 0 Å². The van der Waals surface area contributed by atoms with E-state index in [1.165, 1.54) is 0 Å². The number of nitrogens with zero attached hydrogens (tertiary/aromatic N) is 1. The van der Waals surface area contributed by atoms with Crippen LogP contribution in [0.15, 0.2) is 0 Å². The van der Waals surface area contributed by atoms with Crippen LogP contribution in [0.2, 0.25) is 0 Å². The lowest BCUT2D eigenvalue weighted by atomic mass is 9.84. The molecule has 0 aliphatic heterocycles. The van der Waals surface area contributed by atoms with Gasteiger partial charge in [0.2, 0.25) is 5.91 Å². The molecule has 1 atom stereocenters. The van der Waals surface area contributed by atoms with Crippen molar-refractivity contribution in [3.63, 3.8) is 0 Å². The zero-order valence-electron chi connectivity index (χ0n) is 14.5. The van der Waals surface area contributed by atoms with Gasteiger partial charge in [-0.2, -0.15) is 0 Å². The molecule has 0 rings (SSSR count). The minimum Gasteiger partial charge on any atom is -0.355 e. The van der Waals surface area contributed by atoms with Gasteiger partial charge in [0.15, 0.2) is 0 Å². The molecule has 1 amide bonds. The Morgan fingerprint density at radius 3 is 2.00 bits per heavy atom. The zero-order chi connectivity index (χ0) is 15.9. The molecule has 120 valence electrons. The minimum atomic E-state index is -0.0819. The lowest BCUT2D eigenvalue weighted by Gasteiger charge is -2.31. The van der Waals surface area contributed by atoms with Crippen LogP contribution in [0, 0.1) is 11.3 Å². The smallest absolute Gasteiger partial charge is 0.224 e. The summed E-state index contributed by atoms with van der Waals surface area (Å²) in [6.45, 7) is 17.2. The molecular formula is C16H35N3O. The molecule has 3 N–H and O–H groups in total. The number of nitrogens with one attached hydrogen (secondary N) is 1. The van der Waals surface area contributed by atoms with Gasteiger partial charge in [0.05, 0.1) is 5.92 Å². The van der Waals surface area contributed by atoms with Crippen molar-refractivity contribution in [2.24, 2.45) is 17.1 Å². The Morgan fingerprint density at radius 1 is 1.15 bits per heavy atom. The van der Waals surface area contributed by atoms with Gasteiger partial charge in [-0.3, -0.25) is 9.69 Å². The molecule has 0 bridgehead atoms. The van der Waals surface area contributed by atoms with E-state index in [-0.39, 0.29) is 17.2 Å². The zero-order valence-corrected chi connectivity index (χ0v) is 14.5. The number of carbonyl (C=O) groups is 1. The number of hydrogen-bond acceptors (Lipinski definition) is 3. The Morgan fingerprint density at radius 2 is 1.65 bits per heavy atom. The van der Waals surface area contributed by atoms with Crippen molar-refractivity contribution in [1.29, 1.82) is 0 Å². The summed E-state index contributed by atoms with van der Waals surface area (Å²) in [5.74, 6) is 0.0106. The first kappa shape index (κ1) is 19.4. The van der Waals surface area contributed by atoms with Crippen LogP contribution in [-0.4, -0.2) is 42.5 Å². The Kier molecular flexibility index (Phi) is 8.36. The molecule has 0 heterocycles.